The molecule has 5 nitrogen and oxygen atoms in total. The van der Waals surface area contributed by atoms with Gasteiger partial charge in [-0.2, -0.15) is 16.1 Å². The highest BCUT2D eigenvalue weighted by atomic mass is 79.9. The summed E-state index contributed by atoms with van der Waals surface area (Å²) >= 11 is 5.04. The molecule has 1 saturated heterocycles. The van der Waals surface area contributed by atoms with Crippen LogP contribution in [0.5, 0.6) is 0 Å². The van der Waals surface area contributed by atoms with Gasteiger partial charge < -0.3 is 9.73 Å². The summed E-state index contributed by atoms with van der Waals surface area (Å²) in [6.45, 7) is 7.72. The van der Waals surface area contributed by atoms with Crippen LogP contribution in [0.2, 0.25) is 0 Å². The molecule has 8 heteroatoms. The number of rotatable bonds is 5. The molecule has 0 amide bonds. The van der Waals surface area contributed by atoms with E-state index in [1.807, 2.05) is 13.8 Å². The molecule has 0 spiro atoms. The summed E-state index contributed by atoms with van der Waals surface area (Å²) in [4.78, 5) is 0.224. The molecule has 0 bridgehead atoms. The summed E-state index contributed by atoms with van der Waals surface area (Å²) in [5.41, 5.74) is 0. The molecule has 2 rings (SSSR count). The maximum Gasteiger partial charge on any atom is 0.247 e. The Bertz CT molecular complexity index is 586. The van der Waals surface area contributed by atoms with Crippen molar-refractivity contribution in [1.82, 2.24) is 9.62 Å². The second-order valence-corrected chi connectivity index (χ2v) is 9.60. The van der Waals surface area contributed by atoms with E-state index in [4.69, 9.17) is 4.42 Å². The minimum atomic E-state index is -3.49. The normalized spacial score (nSPS) is 21.1. The zero-order chi connectivity index (χ0) is 15.6. The van der Waals surface area contributed by atoms with Gasteiger partial charge in [0.05, 0.1) is 6.54 Å². The maximum atomic E-state index is 12.7. The van der Waals surface area contributed by atoms with E-state index in [-0.39, 0.29) is 9.56 Å². The van der Waals surface area contributed by atoms with Crippen LogP contribution in [0, 0.1) is 0 Å². The smallest absolute Gasteiger partial charge is 0.247 e. The predicted molar refractivity (Wildman–Crippen MR) is 89.1 cm³/mol. The molecule has 1 aromatic heterocycles. The summed E-state index contributed by atoms with van der Waals surface area (Å²) in [5, 5.41) is 3.53. The molecule has 0 saturated carbocycles. The molecule has 1 aliphatic rings. The molecule has 1 aliphatic heterocycles. The molecule has 120 valence electrons. The second-order valence-electron chi connectivity index (χ2n) is 5.43. The van der Waals surface area contributed by atoms with Crippen molar-refractivity contribution in [3.63, 3.8) is 0 Å². The van der Waals surface area contributed by atoms with Crippen LogP contribution in [0.4, 0.5) is 0 Å². The van der Waals surface area contributed by atoms with Crippen LogP contribution in [-0.2, 0) is 16.6 Å². The van der Waals surface area contributed by atoms with Gasteiger partial charge in [0.1, 0.15) is 10.7 Å². The molecule has 1 fully saturated rings. The van der Waals surface area contributed by atoms with Crippen molar-refractivity contribution >= 4 is 37.7 Å². The first-order valence-electron chi connectivity index (χ1n) is 6.94. The lowest BCUT2D eigenvalue weighted by Crippen LogP contribution is -2.40. The molecule has 1 N–H and O–H groups in total. The van der Waals surface area contributed by atoms with Crippen LogP contribution < -0.4 is 5.32 Å². The monoisotopic (exact) mass is 396 g/mol. The van der Waals surface area contributed by atoms with E-state index in [1.165, 1.54) is 0 Å². The van der Waals surface area contributed by atoms with Crippen molar-refractivity contribution in [2.45, 2.75) is 43.5 Å². The average molecular weight is 397 g/mol. The lowest BCUT2D eigenvalue weighted by atomic mass is 10.3. The highest BCUT2D eigenvalue weighted by molar-refractivity contribution is 9.10. The van der Waals surface area contributed by atoms with Gasteiger partial charge in [-0.3, -0.25) is 0 Å². The minimum absolute atomic E-state index is 0.224. The van der Waals surface area contributed by atoms with Crippen LogP contribution in [0.25, 0.3) is 0 Å². The van der Waals surface area contributed by atoms with E-state index < -0.39 is 10.0 Å². The van der Waals surface area contributed by atoms with Crippen LogP contribution in [0.3, 0.4) is 0 Å². The Morgan fingerprint density at radius 2 is 2.29 bits per heavy atom. The summed E-state index contributed by atoms with van der Waals surface area (Å²) < 4.78 is 32.8. The highest BCUT2D eigenvalue weighted by Gasteiger charge is 2.32. The zero-order valence-corrected chi connectivity index (χ0v) is 15.6. The molecular weight excluding hydrogens is 376 g/mol. The molecule has 0 aliphatic carbocycles. The third kappa shape index (κ3) is 4.25. The molecular formula is C13H21BrN2O3S2. The number of furan rings is 1. The fourth-order valence-corrected chi connectivity index (χ4v) is 5.82. The average Bonchev–Trinajstić information content (AvgIpc) is 2.78. The molecule has 1 atom stereocenters. The van der Waals surface area contributed by atoms with Crippen LogP contribution in [0.15, 0.2) is 20.0 Å². The van der Waals surface area contributed by atoms with Gasteiger partial charge >= 0.3 is 0 Å². The van der Waals surface area contributed by atoms with Gasteiger partial charge in [-0.25, -0.2) is 8.42 Å². The Hall–Kier alpha value is -0.0200. The molecule has 0 aromatic carbocycles. The van der Waals surface area contributed by atoms with Gasteiger partial charge in [0.25, 0.3) is 0 Å². The van der Waals surface area contributed by atoms with Crippen LogP contribution >= 0.6 is 27.7 Å². The number of nitrogens with one attached hydrogen (secondary N) is 1. The number of nitrogens with zero attached hydrogens (tertiary/aromatic N) is 1. The summed E-state index contributed by atoms with van der Waals surface area (Å²) in [7, 11) is -3.49. The lowest BCUT2D eigenvalue weighted by Gasteiger charge is -2.29. The van der Waals surface area contributed by atoms with Crippen LogP contribution in [0.1, 0.15) is 26.5 Å². The summed E-state index contributed by atoms with van der Waals surface area (Å²) in [5.74, 6) is 1.45. The van der Waals surface area contributed by atoms with Crippen molar-refractivity contribution in [1.29, 1.82) is 0 Å². The molecule has 0 radical (unpaired) electrons. The first-order chi connectivity index (χ1) is 9.80. The Kier molecular flexibility index (Phi) is 5.81. The molecule has 21 heavy (non-hydrogen) atoms. The Morgan fingerprint density at radius 1 is 1.57 bits per heavy atom. The predicted octanol–water partition coefficient (Wildman–Crippen LogP) is 2.67. The summed E-state index contributed by atoms with van der Waals surface area (Å²) in [6, 6.07) is 1.93. The fraction of sp³-hybridized carbons (Fsp3) is 0.692. The van der Waals surface area contributed by atoms with E-state index in [0.29, 0.717) is 36.7 Å². The third-order valence-electron chi connectivity index (χ3n) is 3.21. The Labute approximate surface area is 139 Å². The largest absolute Gasteiger partial charge is 0.452 e. The number of thioether (sulfide) groups is 1. The van der Waals surface area contributed by atoms with E-state index in [1.54, 1.807) is 22.1 Å². The van der Waals surface area contributed by atoms with E-state index in [0.717, 1.165) is 5.75 Å². The number of hydrogen-bond donors (Lipinski definition) is 1. The Balaban J connectivity index is 2.19. The van der Waals surface area contributed by atoms with E-state index >= 15 is 0 Å². The third-order valence-corrected chi connectivity index (χ3v) is 7.07. The van der Waals surface area contributed by atoms with Crippen molar-refractivity contribution in [3.8, 4) is 0 Å². The van der Waals surface area contributed by atoms with E-state index in [9.17, 15) is 8.42 Å². The second kappa shape index (κ2) is 7.04. The SMILES string of the molecule is CC(C)NCc1cc(S(=O)(=O)N2CCSC(C)C2)c(Br)o1. The fourth-order valence-electron chi connectivity index (χ4n) is 2.11. The number of halogens is 1. The topological polar surface area (TPSA) is 62.6 Å². The summed E-state index contributed by atoms with van der Waals surface area (Å²) in [6.07, 6.45) is 0. The van der Waals surface area contributed by atoms with Gasteiger partial charge in [0, 0.05) is 36.2 Å². The minimum Gasteiger partial charge on any atom is -0.452 e. The van der Waals surface area contributed by atoms with Gasteiger partial charge in [0.15, 0.2) is 4.67 Å². The standard InChI is InChI=1S/C13H21BrN2O3S2/c1-9(2)15-7-11-6-12(13(14)19-11)21(17,18)16-4-5-20-10(3)8-16/h6,9-10,15H,4-5,7-8H2,1-3H3. The zero-order valence-electron chi connectivity index (χ0n) is 12.4. The quantitative estimate of drug-likeness (QED) is 0.828. The van der Waals surface area contributed by atoms with Gasteiger partial charge in [-0.05, 0) is 15.9 Å². The van der Waals surface area contributed by atoms with E-state index in [2.05, 4.69) is 28.2 Å². The maximum absolute atomic E-state index is 12.7. The van der Waals surface area contributed by atoms with Crippen LogP contribution in [-0.4, -0.2) is 42.9 Å². The molecule has 2 heterocycles. The lowest BCUT2D eigenvalue weighted by molar-refractivity contribution is 0.419. The van der Waals surface area contributed by atoms with Crippen molar-refractivity contribution in [3.05, 3.63) is 16.5 Å². The van der Waals surface area contributed by atoms with Crippen molar-refractivity contribution < 1.29 is 12.8 Å². The Morgan fingerprint density at radius 3 is 2.90 bits per heavy atom. The molecule has 1 aromatic rings. The number of sulfonamides is 1. The van der Waals surface area contributed by atoms with Crippen molar-refractivity contribution in [2.24, 2.45) is 0 Å². The number of hydrogen-bond acceptors (Lipinski definition) is 5. The van der Waals surface area contributed by atoms with Crippen molar-refractivity contribution in [2.75, 3.05) is 18.8 Å². The first kappa shape index (κ1) is 17.3. The highest BCUT2D eigenvalue weighted by Crippen LogP contribution is 2.31. The van der Waals surface area contributed by atoms with Gasteiger partial charge in [0.2, 0.25) is 10.0 Å². The first-order valence-corrected chi connectivity index (χ1v) is 10.2. The van der Waals surface area contributed by atoms with Gasteiger partial charge in [-0.1, -0.05) is 20.8 Å². The van der Waals surface area contributed by atoms with Gasteiger partial charge in [-0.15, -0.1) is 0 Å². The molecule has 1 unspecified atom stereocenters.